The molecular formula is C14H19ClN4O2. The Bertz CT molecular complexity index is 550. The second-order valence-corrected chi connectivity index (χ2v) is 5.47. The van der Waals surface area contributed by atoms with Gasteiger partial charge in [-0.3, -0.25) is 14.5 Å². The molecule has 1 aromatic rings. The molecule has 1 atom stereocenters. The lowest BCUT2D eigenvalue weighted by molar-refractivity contribution is -0.129. The summed E-state index contributed by atoms with van der Waals surface area (Å²) in [4.78, 5) is 25.5. The minimum atomic E-state index is -0.202. The number of halogens is 1. The van der Waals surface area contributed by atoms with Crippen LogP contribution in [0.5, 0.6) is 0 Å². The summed E-state index contributed by atoms with van der Waals surface area (Å²) < 4.78 is 0. The van der Waals surface area contributed by atoms with E-state index in [0.29, 0.717) is 35.9 Å². The number of anilines is 2. The van der Waals surface area contributed by atoms with E-state index in [1.54, 1.807) is 18.2 Å². The van der Waals surface area contributed by atoms with Gasteiger partial charge in [0.25, 0.3) is 0 Å². The molecule has 1 aliphatic rings. The van der Waals surface area contributed by atoms with Crippen LogP contribution >= 0.6 is 11.6 Å². The molecule has 0 aromatic heterocycles. The van der Waals surface area contributed by atoms with Gasteiger partial charge < -0.3 is 16.4 Å². The van der Waals surface area contributed by atoms with Crippen molar-refractivity contribution in [1.29, 1.82) is 0 Å². The molecule has 1 aliphatic heterocycles. The number of carbonyl (C=O) groups is 2. The molecule has 2 amide bonds. The number of nitrogens with one attached hydrogen (secondary N) is 2. The van der Waals surface area contributed by atoms with Gasteiger partial charge in [0.05, 0.1) is 17.4 Å². The largest absolute Gasteiger partial charge is 0.397 e. The van der Waals surface area contributed by atoms with Gasteiger partial charge in [0.2, 0.25) is 11.8 Å². The van der Waals surface area contributed by atoms with Crippen LogP contribution in [0.2, 0.25) is 5.02 Å². The Morgan fingerprint density at radius 1 is 1.57 bits per heavy atom. The van der Waals surface area contributed by atoms with Gasteiger partial charge in [-0.25, -0.2) is 0 Å². The first-order chi connectivity index (χ1) is 9.97. The molecule has 0 aliphatic carbocycles. The van der Waals surface area contributed by atoms with Crippen molar-refractivity contribution in [3.05, 3.63) is 23.2 Å². The summed E-state index contributed by atoms with van der Waals surface area (Å²) in [7, 11) is 0. The van der Waals surface area contributed by atoms with E-state index in [4.69, 9.17) is 17.3 Å². The second kappa shape index (κ2) is 6.78. The Labute approximate surface area is 128 Å². The zero-order chi connectivity index (χ0) is 15.4. The van der Waals surface area contributed by atoms with Crippen LogP contribution in [-0.2, 0) is 9.59 Å². The average molecular weight is 311 g/mol. The molecule has 6 nitrogen and oxygen atoms in total. The monoisotopic (exact) mass is 310 g/mol. The Hall–Kier alpha value is -1.79. The molecule has 7 heteroatoms. The smallest absolute Gasteiger partial charge is 0.237 e. The highest BCUT2D eigenvalue weighted by Crippen LogP contribution is 2.22. The summed E-state index contributed by atoms with van der Waals surface area (Å²) in [5, 5.41) is 6.07. The van der Waals surface area contributed by atoms with Gasteiger partial charge in [-0.1, -0.05) is 11.6 Å². The fraction of sp³-hybridized carbons (Fsp3) is 0.429. The van der Waals surface area contributed by atoms with Crippen LogP contribution in [0.25, 0.3) is 0 Å². The molecule has 2 rings (SSSR count). The lowest BCUT2D eigenvalue weighted by Crippen LogP contribution is -2.54. The minimum Gasteiger partial charge on any atom is -0.397 e. The zero-order valence-corrected chi connectivity index (χ0v) is 12.6. The van der Waals surface area contributed by atoms with Gasteiger partial charge in [-0.15, -0.1) is 0 Å². The topological polar surface area (TPSA) is 87.5 Å². The fourth-order valence-electron chi connectivity index (χ4n) is 2.24. The number of amides is 2. The fourth-order valence-corrected chi connectivity index (χ4v) is 2.42. The number of nitrogens with zero attached hydrogens (tertiary/aromatic N) is 1. The Morgan fingerprint density at radius 2 is 2.33 bits per heavy atom. The summed E-state index contributed by atoms with van der Waals surface area (Å²) >= 11 is 5.81. The van der Waals surface area contributed by atoms with Crippen molar-refractivity contribution in [2.75, 3.05) is 30.7 Å². The molecule has 0 radical (unpaired) electrons. The summed E-state index contributed by atoms with van der Waals surface area (Å²) in [5.41, 5.74) is 6.77. The van der Waals surface area contributed by atoms with Crippen LogP contribution < -0.4 is 16.4 Å². The van der Waals surface area contributed by atoms with Gasteiger partial charge in [0, 0.05) is 31.1 Å². The van der Waals surface area contributed by atoms with E-state index < -0.39 is 0 Å². The first kappa shape index (κ1) is 15.6. The molecule has 1 heterocycles. The van der Waals surface area contributed by atoms with Crippen LogP contribution in [0.15, 0.2) is 18.2 Å². The molecule has 0 saturated carbocycles. The van der Waals surface area contributed by atoms with E-state index in [-0.39, 0.29) is 17.9 Å². The van der Waals surface area contributed by atoms with E-state index in [9.17, 15) is 9.59 Å². The van der Waals surface area contributed by atoms with E-state index in [1.807, 2.05) is 11.8 Å². The molecule has 1 saturated heterocycles. The predicted molar refractivity (Wildman–Crippen MR) is 83.2 cm³/mol. The van der Waals surface area contributed by atoms with E-state index in [2.05, 4.69) is 10.6 Å². The number of hydrogen-bond donors (Lipinski definition) is 3. The molecule has 21 heavy (non-hydrogen) atoms. The number of nitrogen functional groups attached to an aromatic ring is 1. The van der Waals surface area contributed by atoms with E-state index in [1.165, 1.54) is 0 Å². The number of nitrogens with two attached hydrogens (primary N) is 1. The van der Waals surface area contributed by atoms with Crippen LogP contribution in [0.4, 0.5) is 11.4 Å². The lowest BCUT2D eigenvalue weighted by Gasteiger charge is -2.32. The third kappa shape index (κ3) is 4.09. The summed E-state index contributed by atoms with van der Waals surface area (Å²) in [6, 6.07) is 4.73. The molecule has 4 N–H and O–H groups in total. The van der Waals surface area contributed by atoms with Crippen molar-refractivity contribution in [2.45, 2.75) is 19.4 Å². The van der Waals surface area contributed by atoms with Gasteiger partial charge in [-0.2, -0.15) is 0 Å². The van der Waals surface area contributed by atoms with Gasteiger partial charge in [0.15, 0.2) is 0 Å². The van der Waals surface area contributed by atoms with Crippen molar-refractivity contribution >= 4 is 34.8 Å². The molecule has 1 unspecified atom stereocenters. The summed E-state index contributed by atoms with van der Waals surface area (Å²) in [6.07, 6.45) is 0.305. The second-order valence-electron chi connectivity index (χ2n) is 5.03. The van der Waals surface area contributed by atoms with Gasteiger partial charge >= 0.3 is 0 Å². The third-order valence-corrected chi connectivity index (χ3v) is 3.77. The number of piperazine rings is 1. The molecule has 114 valence electrons. The molecule has 1 aromatic carbocycles. The SMILES string of the molecule is CC1C(=O)NCCN1CCC(=O)Nc1ccc(Cl)cc1N. The number of rotatable bonds is 4. The molecule has 0 bridgehead atoms. The summed E-state index contributed by atoms with van der Waals surface area (Å²) in [6.45, 7) is 3.75. The Morgan fingerprint density at radius 3 is 3.05 bits per heavy atom. The standard InChI is InChI=1S/C14H19ClN4O2/c1-9-14(21)17-5-7-19(9)6-4-13(20)18-12-3-2-10(15)8-11(12)16/h2-3,8-9H,4-7,16H2,1H3,(H,17,21)(H,18,20). The van der Waals surface area contributed by atoms with Crippen molar-refractivity contribution in [2.24, 2.45) is 0 Å². The number of benzene rings is 1. The van der Waals surface area contributed by atoms with Crippen molar-refractivity contribution in [3.63, 3.8) is 0 Å². The molecule has 1 fully saturated rings. The maximum atomic E-state index is 12.0. The quantitative estimate of drug-likeness (QED) is 0.726. The first-order valence-electron chi connectivity index (χ1n) is 6.84. The highest BCUT2D eigenvalue weighted by Gasteiger charge is 2.25. The Kier molecular flexibility index (Phi) is 5.03. The molecule has 0 spiro atoms. The molecular weight excluding hydrogens is 292 g/mol. The van der Waals surface area contributed by atoms with Crippen molar-refractivity contribution in [3.8, 4) is 0 Å². The maximum absolute atomic E-state index is 12.0. The third-order valence-electron chi connectivity index (χ3n) is 3.54. The predicted octanol–water partition coefficient (Wildman–Crippen LogP) is 1.07. The summed E-state index contributed by atoms with van der Waals surface area (Å²) in [5.74, 6) is -0.134. The van der Waals surface area contributed by atoms with Gasteiger partial charge in [-0.05, 0) is 25.1 Å². The minimum absolute atomic E-state index is 0.00334. The highest BCUT2D eigenvalue weighted by molar-refractivity contribution is 6.31. The van der Waals surface area contributed by atoms with E-state index in [0.717, 1.165) is 6.54 Å². The van der Waals surface area contributed by atoms with Crippen molar-refractivity contribution in [1.82, 2.24) is 10.2 Å². The number of hydrogen-bond acceptors (Lipinski definition) is 4. The van der Waals surface area contributed by atoms with Gasteiger partial charge in [0.1, 0.15) is 0 Å². The lowest BCUT2D eigenvalue weighted by atomic mass is 10.2. The highest BCUT2D eigenvalue weighted by atomic mass is 35.5. The maximum Gasteiger partial charge on any atom is 0.237 e. The van der Waals surface area contributed by atoms with Crippen LogP contribution in [0, 0.1) is 0 Å². The zero-order valence-electron chi connectivity index (χ0n) is 11.9. The van der Waals surface area contributed by atoms with Crippen LogP contribution in [0.1, 0.15) is 13.3 Å². The van der Waals surface area contributed by atoms with Crippen molar-refractivity contribution < 1.29 is 9.59 Å². The van der Waals surface area contributed by atoms with E-state index >= 15 is 0 Å². The van der Waals surface area contributed by atoms with Crippen LogP contribution in [0.3, 0.4) is 0 Å². The normalized spacial score (nSPS) is 19.1. The first-order valence-corrected chi connectivity index (χ1v) is 7.22. The average Bonchev–Trinajstić information content (AvgIpc) is 2.43. The number of carbonyl (C=O) groups excluding carboxylic acids is 2. The van der Waals surface area contributed by atoms with Crippen LogP contribution in [-0.4, -0.2) is 42.4 Å². The Balaban J connectivity index is 1.86.